The SMILES string of the molecule is O=C(CN(c1ccc(Br)cc1)S(=O)(=O)c1ccccc1)N/N=C\c1cc([N+](=O)[O-])ccc1Cl. The zero-order chi connectivity index (χ0) is 24.0. The average molecular weight is 552 g/mol. The lowest BCUT2D eigenvalue weighted by Crippen LogP contribution is -2.39. The molecule has 0 unspecified atom stereocenters. The van der Waals surface area contributed by atoms with E-state index in [2.05, 4.69) is 26.5 Å². The fourth-order valence-electron chi connectivity index (χ4n) is 2.73. The number of sulfonamides is 1. The Kier molecular flexibility index (Phi) is 7.79. The molecule has 0 aliphatic carbocycles. The molecule has 1 N–H and O–H groups in total. The molecule has 0 spiro atoms. The second kappa shape index (κ2) is 10.6. The molecule has 170 valence electrons. The number of nitro benzene ring substituents is 1. The number of nitrogens with zero attached hydrogens (tertiary/aromatic N) is 3. The van der Waals surface area contributed by atoms with E-state index in [1.807, 2.05) is 0 Å². The van der Waals surface area contributed by atoms with Crippen LogP contribution in [0.25, 0.3) is 0 Å². The first-order valence-electron chi connectivity index (χ1n) is 9.27. The van der Waals surface area contributed by atoms with Crippen molar-refractivity contribution in [3.63, 3.8) is 0 Å². The maximum absolute atomic E-state index is 13.2. The summed E-state index contributed by atoms with van der Waals surface area (Å²) in [6.07, 6.45) is 1.14. The summed E-state index contributed by atoms with van der Waals surface area (Å²) in [5.41, 5.74) is 2.53. The molecule has 9 nitrogen and oxygen atoms in total. The van der Waals surface area contributed by atoms with Crippen molar-refractivity contribution in [1.82, 2.24) is 5.43 Å². The van der Waals surface area contributed by atoms with E-state index in [0.29, 0.717) is 0 Å². The minimum atomic E-state index is -4.05. The van der Waals surface area contributed by atoms with E-state index >= 15 is 0 Å². The van der Waals surface area contributed by atoms with E-state index in [1.54, 1.807) is 42.5 Å². The maximum Gasteiger partial charge on any atom is 0.270 e. The van der Waals surface area contributed by atoms with Crippen LogP contribution in [-0.4, -0.2) is 32.0 Å². The Balaban J connectivity index is 1.82. The highest BCUT2D eigenvalue weighted by Gasteiger charge is 2.27. The molecule has 0 atom stereocenters. The van der Waals surface area contributed by atoms with Crippen LogP contribution in [0.3, 0.4) is 0 Å². The molecule has 0 saturated heterocycles. The zero-order valence-corrected chi connectivity index (χ0v) is 19.9. The summed E-state index contributed by atoms with van der Waals surface area (Å²) >= 11 is 9.30. The van der Waals surface area contributed by atoms with Gasteiger partial charge >= 0.3 is 0 Å². The highest BCUT2D eigenvalue weighted by molar-refractivity contribution is 9.10. The number of carbonyl (C=O) groups excluding carboxylic acids is 1. The molecule has 12 heteroatoms. The van der Waals surface area contributed by atoms with Gasteiger partial charge in [0.15, 0.2) is 0 Å². The number of halogens is 2. The minimum Gasteiger partial charge on any atom is -0.271 e. The van der Waals surface area contributed by atoms with Crippen LogP contribution in [0.15, 0.2) is 87.3 Å². The molecular formula is C21H16BrClN4O5S. The van der Waals surface area contributed by atoms with Gasteiger partial charge < -0.3 is 0 Å². The molecule has 3 aromatic rings. The van der Waals surface area contributed by atoms with Crippen molar-refractivity contribution >= 4 is 61.1 Å². The number of hydrazone groups is 1. The van der Waals surface area contributed by atoms with Gasteiger partial charge in [-0.2, -0.15) is 5.10 Å². The van der Waals surface area contributed by atoms with Crippen LogP contribution in [0.2, 0.25) is 5.02 Å². The Hall–Kier alpha value is -3.28. The predicted octanol–water partition coefficient (Wildman–Crippen LogP) is 4.36. The smallest absolute Gasteiger partial charge is 0.270 e. The number of rotatable bonds is 8. The number of nitro groups is 1. The Morgan fingerprint density at radius 2 is 1.79 bits per heavy atom. The van der Waals surface area contributed by atoms with Gasteiger partial charge in [-0.1, -0.05) is 45.7 Å². The largest absolute Gasteiger partial charge is 0.271 e. The predicted molar refractivity (Wildman–Crippen MR) is 129 cm³/mol. The van der Waals surface area contributed by atoms with Crippen LogP contribution in [0.5, 0.6) is 0 Å². The molecule has 0 radical (unpaired) electrons. The van der Waals surface area contributed by atoms with Crippen molar-refractivity contribution < 1.29 is 18.1 Å². The zero-order valence-electron chi connectivity index (χ0n) is 16.8. The lowest BCUT2D eigenvalue weighted by atomic mass is 10.2. The van der Waals surface area contributed by atoms with Crippen LogP contribution in [0.4, 0.5) is 11.4 Å². The van der Waals surface area contributed by atoms with Gasteiger partial charge in [-0.05, 0) is 42.5 Å². The van der Waals surface area contributed by atoms with Crippen molar-refractivity contribution in [1.29, 1.82) is 0 Å². The Morgan fingerprint density at radius 1 is 1.12 bits per heavy atom. The molecule has 0 fully saturated rings. The summed E-state index contributed by atoms with van der Waals surface area (Å²) in [7, 11) is -4.05. The number of nitrogens with one attached hydrogen (secondary N) is 1. The quantitative estimate of drug-likeness (QED) is 0.253. The fourth-order valence-corrected chi connectivity index (χ4v) is 4.60. The van der Waals surface area contributed by atoms with Gasteiger partial charge in [0.25, 0.3) is 21.6 Å². The number of carbonyl (C=O) groups is 1. The first kappa shape index (κ1) is 24.4. The molecule has 0 aromatic heterocycles. The van der Waals surface area contributed by atoms with E-state index in [-0.39, 0.29) is 26.9 Å². The van der Waals surface area contributed by atoms with Crippen molar-refractivity contribution in [2.24, 2.45) is 5.10 Å². The number of hydrogen-bond donors (Lipinski definition) is 1. The Labute approximate surface area is 203 Å². The lowest BCUT2D eigenvalue weighted by molar-refractivity contribution is -0.384. The molecule has 33 heavy (non-hydrogen) atoms. The molecule has 0 bridgehead atoms. The van der Waals surface area contributed by atoms with Gasteiger partial charge in [0.2, 0.25) is 0 Å². The number of non-ortho nitro benzene ring substituents is 1. The molecule has 0 heterocycles. The van der Waals surface area contributed by atoms with E-state index in [9.17, 15) is 23.3 Å². The molecular weight excluding hydrogens is 536 g/mol. The van der Waals surface area contributed by atoms with Gasteiger partial charge in [0.1, 0.15) is 6.54 Å². The third-order valence-corrected chi connectivity index (χ3v) is 6.98. The summed E-state index contributed by atoms with van der Waals surface area (Å²) in [5.74, 6) is -0.727. The van der Waals surface area contributed by atoms with Crippen LogP contribution >= 0.6 is 27.5 Å². The van der Waals surface area contributed by atoms with Crippen LogP contribution in [0, 0.1) is 10.1 Å². The molecule has 3 rings (SSSR count). The van der Waals surface area contributed by atoms with Crippen LogP contribution in [0.1, 0.15) is 5.56 Å². The van der Waals surface area contributed by atoms with Gasteiger partial charge in [0.05, 0.1) is 21.7 Å². The van der Waals surface area contributed by atoms with E-state index in [1.165, 1.54) is 30.3 Å². The first-order valence-corrected chi connectivity index (χ1v) is 11.9. The number of benzene rings is 3. The fraction of sp³-hybridized carbons (Fsp3) is 0.0476. The van der Waals surface area contributed by atoms with Gasteiger partial charge in [0, 0.05) is 27.2 Å². The van der Waals surface area contributed by atoms with Crippen LogP contribution < -0.4 is 9.73 Å². The average Bonchev–Trinajstić information content (AvgIpc) is 2.80. The van der Waals surface area contributed by atoms with Crippen LogP contribution in [-0.2, 0) is 14.8 Å². The number of anilines is 1. The van der Waals surface area contributed by atoms with Crippen molar-refractivity contribution in [3.8, 4) is 0 Å². The maximum atomic E-state index is 13.2. The molecule has 1 amide bonds. The second-order valence-corrected chi connectivity index (χ2v) is 9.74. The van der Waals surface area contributed by atoms with Gasteiger partial charge in [-0.25, -0.2) is 13.8 Å². The minimum absolute atomic E-state index is 0.0209. The summed E-state index contributed by atoms with van der Waals surface area (Å²) in [6.45, 7) is -0.557. The topological polar surface area (TPSA) is 122 Å². The monoisotopic (exact) mass is 550 g/mol. The highest BCUT2D eigenvalue weighted by atomic mass is 79.9. The summed E-state index contributed by atoms with van der Waals surface area (Å²) < 4.78 is 28.1. The van der Waals surface area contributed by atoms with E-state index in [0.717, 1.165) is 15.0 Å². The Morgan fingerprint density at radius 3 is 2.42 bits per heavy atom. The molecule has 3 aromatic carbocycles. The van der Waals surface area contributed by atoms with Gasteiger partial charge in [-0.15, -0.1) is 0 Å². The molecule has 0 aliphatic rings. The third kappa shape index (κ3) is 6.15. The van der Waals surface area contributed by atoms with Gasteiger partial charge in [-0.3, -0.25) is 19.2 Å². The molecule has 0 aliphatic heterocycles. The number of hydrogen-bond acceptors (Lipinski definition) is 6. The second-order valence-electron chi connectivity index (χ2n) is 6.56. The van der Waals surface area contributed by atoms with Crippen molar-refractivity contribution in [2.45, 2.75) is 4.90 Å². The first-order chi connectivity index (χ1) is 15.7. The standard InChI is InChI=1S/C21H16BrClN4O5S/c22-16-6-8-17(9-7-16)26(33(31,32)19-4-2-1-3-5-19)14-21(28)25-24-13-15-12-18(27(29)30)10-11-20(15)23/h1-13H,14H2,(H,25,28)/b24-13-. The van der Waals surface area contributed by atoms with E-state index < -0.39 is 27.4 Å². The highest BCUT2D eigenvalue weighted by Crippen LogP contribution is 2.25. The van der Waals surface area contributed by atoms with Crippen molar-refractivity contribution in [3.05, 3.63) is 98.0 Å². The third-order valence-electron chi connectivity index (χ3n) is 4.32. The number of amides is 1. The lowest BCUT2D eigenvalue weighted by Gasteiger charge is -2.23. The Bertz CT molecular complexity index is 1300. The van der Waals surface area contributed by atoms with E-state index in [4.69, 9.17) is 11.6 Å². The molecule has 0 saturated carbocycles. The summed E-state index contributed by atoms with van der Waals surface area (Å²) in [6, 6.07) is 17.9. The summed E-state index contributed by atoms with van der Waals surface area (Å²) in [4.78, 5) is 22.9. The normalized spacial score (nSPS) is 11.3. The van der Waals surface area contributed by atoms with Crippen molar-refractivity contribution in [2.75, 3.05) is 10.8 Å². The summed E-state index contributed by atoms with van der Waals surface area (Å²) in [5, 5.41) is 14.9.